The highest BCUT2D eigenvalue weighted by atomic mass is 16.6. The van der Waals surface area contributed by atoms with E-state index in [1.165, 1.54) is 21.4 Å². The van der Waals surface area contributed by atoms with Crippen molar-refractivity contribution in [1.82, 2.24) is 14.7 Å². The molecular formula is C17H20N4O3. The molecule has 1 aromatic carbocycles. The quantitative estimate of drug-likeness (QED) is 0.640. The maximum absolute atomic E-state index is 12.7. The summed E-state index contributed by atoms with van der Waals surface area (Å²) in [5.41, 5.74) is 3.44. The van der Waals surface area contributed by atoms with E-state index in [1.807, 2.05) is 0 Å². The number of carbonyl (C=O) groups is 1. The maximum atomic E-state index is 12.7. The van der Waals surface area contributed by atoms with Gasteiger partial charge in [0.25, 0.3) is 5.91 Å². The molecule has 7 heteroatoms. The summed E-state index contributed by atoms with van der Waals surface area (Å²) in [6.45, 7) is 5.30. The third-order valence-electron chi connectivity index (χ3n) is 4.51. The van der Waals surface area contributed by atoms with Crippen molar-refractivity contribution < 1.29 is 9.72 Å². The van der Waals surface area contributed by atoms with Gasteiger partial charge in [-0.15, -0.1) is 0 Å². The van der Waals surface area contributed by atoms with Gasteiger partial charge in [0.05, 0.1) is 4.92 Å². The van der Waals surface area contributed by atoms with E-state index in [9.17, 15) is 14.9 Å². The van der Waals surface area contributed by atoms with Gasteiger partial charge < -0.3 is 4.90 Å². The molecule has 0 bridgehead atoms. The number of aromatic nitrogens is 2. The molecule has 1 atom stereocenters. The largest absolute Gasteiger partial charge is 0.336 e. The number of carbonyl (C=O) groups excluding carboxylic acids is 1. The summed E-state index contributed by atoms with van der Waals surface area (Å²) in [5.74, 6) is -0.0617. The molecule has 24 heavy (non-hydrogen) atoms. The summed E-state index contributed by atoms with van der Waals surface area (Å²) in [6, 6.07) is 6.43. The number of benzene rings is 1. The number of nitrogens with zero attached hydrogens (tertiary/aromatic N) is 4. The van der Waals surface area contributed by atoms with Gasteiger partial charge in [-0.1, -0.05) is 29.3 Å². The molecule has 3 rings (SSSR count). The number of rotatable bonds is 3. The van der Waals surface area contributed by atoms with Crippen LogP contribution < -0.4 is 0 Å². The Bertz CT molecular complexity index is 792. The number of hydrogen-bond donors (Lipinski definition) is 0. The lowest BCUT2D eigenvalue weighted by Gasteiger charge is -2.17. The molecule has 1 fully saturated rings. The molecule has 1 saturated heterocycles. The average molecular weight is 328 g/mol. The van der Waals surface area contributed by atoms with Crippen LogP contribution in [0.5, 0.6) is 0 Å². The van der Waals surface area contributed by atoms with Gasteiger partial charge in [0.15, 0.2) is 0 Å². The molecule has 1 amide bonds. The molecule has 1 aliphatic rings. The zero-order valence-corrected chi connectivity index (χ0v) is 14.0. The fourth-order valence-electron chi connectivity index (χ4n) is 3.42. The Kier molecular flexibility index (Phi) is 4.09. The van der Waals surface area contributed by atoms with Crippen LogP contribution in [0.3, 0.4) is 0 Å². The Labute approximate surface area is 140 Å². The summed E-state index contributed by atoms with van der Waals surface area (Å²) in [5, 5.41) is 15.0. The minimum absolute atomic E-state index is 0.0427. The second kappa shape index (κ2) is 6.07. The standard InChI is InChI=1S/C17H20N4O3/c1-11-6-12(2)8-14(7-11)13-4-5-20(10-13)17(22)16-15(21(23)24)9-18-19(16)3/h6-9,13H,4-5,10H2,1-3H3. The normalized spacial score (nSPS) is 17.3. The van der Waals surface area contributed by atoms with E-state index in [2.05, 4.69) is 37.1 Å². The van der Waals surface area contributed by atoms with E-state index >= 15 is 0 Å². The van der Waals surface area contributed by atoms with E-state index in [-0.39, 0.29) is 23.2 Å². The Morgan fingerprint density at radius 1 is 1.29 bits per heavy atom. The third-order valence-corrected chi connectivity index (χ3v) is 4.51. The van der Waals surface area contributed by atoms with Gasteiger partial charge in [0.1, 0.15) is 6.20 Å². The molecule has 0 radical (unpaired) electrons. The minimum Gasteiger partial charge on any atom is -0.336 e. The number of amides is 1. The van der Waals surface area contributed by atoms with Crippen molar-refractivity contribution in [2.75, 3.05) is 13.1 Å². The van der Waals surface area contributed by atoms with Gasteiger partial charge in [0, 0.05) is 26.1 Å². The van der Waals surface area contributed by atoms with Gasteiger partial charge in [-0.05, 0) is 25.8 Å². The van der Waals surface area contributed by atoms with Crippen LogP contribution >= 0.6 is 0 Å². The monoisotopic (exact) mass is 328 g/mol. The van der Waals surface area contributed by atoms with Crippen molar-refractivity contribution in [1.29, 1.82) is 0 Å². The van der Waals surface area contributed by atoms with E-state index in [1.54, 1.807) is 11.9 Å². The Morgan fingerprint density at radius 2 is 1.96 bits per heavy atom. The van der Waals surface area contributed by atoms with Crippen LogP contribution in [0, 0.1) is 24.0 Å². The number of nitro groups is 1. The Hall–Kier alpha value is -2.70. The minimum atomic E-state index is -0.558. The predicted octanol–water partition coefficient (Wildman–Crippen LogP) is 2.57. The van der Waals surface area contributed by atoms with Crippen molar-refractivity contribution in [3.63, 3.8) is 0 Å². The van der Waals surface area contributed by atoms with Crippen LogP contribution in [-0.2, 0) is 7.05 Å². The lowest BCUT2D eigenvalue weighted by atomic mass is 9.95. The second-order valence-electron chi connectivity index (χ2n) is 6.42. The van der Waals surface area contributed by atoms with Crippen LogP contribution in [0.15, 0.2) is 24.4 Å². The van der Waals surface area contributed by atoms with Crippen LogP contribution in [0.4, 0.5) is 5.69 Å². The van der Waals surface area contributed by atoms with Gasteiger partial charge >= 0.3 is 5.69 Å². The first-order chi connectivity index (χ1) is 11.4. The Balaban J connectivity index is 1.82. The SMILES string of the molecule is Cc1cc(C)cc(C2CCN(C(=O)c3c([N+](=O)[O-])cnn3C)C2)c1. The van der Waals surface area contributed by atoms with Crippen molar-refractivity contribution >= 4 is 11.6 Å². The number of hydrogen-bond acceptors (Lipinski definition) is 4. The zero-order chi connectivity index (χ0) is 17.4. The molecule has 1 aromatic heterocycles. The van der Waals surface area contributed by atoms with E-state index in [4.69, 9.17) is 0 Å². The van der Waals surface area contributed by atoms with Gasteiger partial charge in [-0.3, -0.25) is 19.6 Å². The first-order valence-electron chi connectivity index (χ1n) is 7.90. The summed E-state index contributed by atoms with van der Waals surface area (Å²) >= 11 is 0. The van der Waals surface area contributed by atoms with Crippen LogP contribution in [-0.4, -0.2) is 38.6 Å². The van der Waals surface area contributed by atoms with Crippen LogP contribution in [0.1, 0.15) is 39.5 Å². The summed E-state index contributed by atoms with van der Waals surface area (Å²) in [4.78, 5) is 25.0. The van der Waals surface area contributed by atoms with E-state index in [0.717, 1.165) is 12.6 Å². The number of aryl methyl sites for hydroxylation is 3. The van der Waals surface area contributed by atoms with Crippen molar-refractivity contribution in [3.05, 3.63) is 56.9 Å². The fourth-order valence-corrected chi connectivity index (χ4v) is 3.42. The molecule has 0 aliphatic carbocycles. The number of likely N-dealkylation sites (tertiary alicyclic amines) is 1. The Morgan fingerprint density at radius 3 is 2.58 bits per heavy atom. The second-order valence-corrected chi connectivity index (χ2v) is 6.42. The molecule has 1 unspecified atom stereocenters. The van der Waals surface area contributed by atoms with E-state index < -0.39 is 4.92 Å². The van der Waals surface area contributed by atoms with Gasteiger partial charge in [-0.2, -0.15) is 5.10 Å². The van der Waals surface area contributed by atoms with Gasteiger partial charge in [-0.25, -0.2) is 0 Å². The highest BCUT2D eigenvalue weighted by molar-refractivity contribution is 5.96. The third kappa shape index (κ3) is 2.89. The zero-order valence-electron chi connectivity index (χ0n) is 14.0. The molecule has 2 heterocycles. The topological polar surface area (TPSA) is 81.3 Å². The molecule has 7 nitrogen and oxygen atoms in total. The molecule has 0 N–H and O–H groups in total. The van der Waals surface area contributed by atoms with Crippen molar-refractivity contribution in [2.24, 2.45) is 7.05 Å². The highest BCUT2D eigenvalue weighted by Gasteiger charge is 2.34. The molecule has 2 aromatic rings. The molecule has 0 spiro atoms. The first kappa shape index (κ1) is 16.2. The van der Waals surface area contributed by atoms with Crippen molar-refractivity contribution in [2.45, 2.75) is 26.2 Å². The smallest absolute Gasteiger partial charge is 0.320 e. The maximum Gasteiger partial charge on any atom is 0.320 e. The predicted molar refractivity (Wildman–Crippen MR) is 89.0 cm³/mol. The van der Waals surface area contributed by atoms with Crippen molar-refractivity contribution in [3.8, 4) is 0 Å². The first-order valence-corrected chi connectivity index (χ1v) is 7.90. The average Bonchev–Trinajstić information content (AvgIpc) is 3.12. The molecule has 0 saturated carbocycles. The summed E-state index contributed by atoms with van der Waals surface area (Å²) in [7, 11) is 1.55. The summed E-state index contributed by atoms with van der Waals surface area (Å²) in [6.07, 6.45) is 1.99. The lowest BCUT2D eigenvalue weighted by molar-refractivity contribution is -0.385. The van der Waals surface area contributed by atoms with E-state index in [0.29, 0.717) is 13.1 Å². The lowest BCUT2D eigenvalue weighted by Crippen LogP contribution is -2.30. The fraction of sp³-hybridized carbons (Fsp3) is 0.412. The van der Waals surface area contributed by atoms with Gasteiger partial charge in [0.2, 0.25) is 5.69 Å². The molecule has 126 valence electrons. The molecular weight excluding hydrogens is 308 g/mol. The summed E-state index contributed by atoms with van der Waals surface area (Å²) < 4.78 is 1.28. The van der Waals surface area contributed by atoms with Crippen LogP contribution in [0.25, 0.3) is 0 Å². The molecule has 1 aliphatic heterocycles. The highest BCUT2D eigenvalue weighted by Crippen LogP contribution is 2.30. The van der Waals surface area contributed by atoms with Crippen LogP contribution in [0.2, 0.25) is 0 Å².